The highest BCUT2D eigenvalue weighted by molar-refractivity contribution is 5.85. The van der Waals surface area contributed by atoms with Gasteiger partial charge in [-0.25, -0.2) is 0 Å². The lowest BCUT2D eigenvalue weighted by atomic mass is 9.83. The third kappa shape index (κ3) is 2.31. The SMILES string of the molecule is O=C(CC1CCCCC1)C1CCN1. The Kier molecular flexibility index (Phi) is 2.99. The summed E-state index contributed by atoms with van der Waals surface area (Å²) in [5.41, 5.74) is 0. The van der Waals surface area contributed by atoms with E-state index in [-0.39, 0.29) is 6.04 Å². The van der Waals surface area contributed by atoms with Gasteiger partial charge in [0.25, 0.3) is 0 Å². The maximum atomic E-state index is 11.6. The average molecular weight is 181 g/mol. The van der Waals surface area contributed by atoms with Crippen LogP contribution in [-0.4, -0.2) is 18.4 Å². The minimum atomic E-state index is 0.224. The molecule has 0 spiro atoms. The first-order chi connectivity index (χ1) is 6.36. The monoisotopic (exact) mass is 181 g/mol. The first kappa shape index (κ1) is 9.20. The summed E-state index contributed by atoms with van der Waals surface area (Å²) >= 11 is 0. The van der Waals surface area contributed by atoms with Gasteiger partial charge in [-0.05, 0) is 18.9 Å². The van der Waals surface area contributed by atoms with Crippen LogP contribution < -0.4 is 5.32 Å². The van der Waals surface area contributed by atoms with E-state index in [1.807, 2.05) is 0 Å². The highest BCUT2D eigenvalue weighted by atomic mass is 16.1. The van der Waals surface area contributed by atoms with Crippen molar-refractivity contribution in [1.29, 1.82) is 0 Å². The highest BCUT2D eigenvalue weighted by Crippen LogP contribution is 2.27. The molecule has 1 saturated carbocycles. The van der Waals surface area contributed by atoms with Gasteiger partial charge in [0.05, 0.1) is 6.04 Å². The van der Waals surface area contributed by atoms with Gasteiger partial charge in [0.2, 0.25) is 0 Å². The lowest BCUT2D eigenvalue weighted by molar-refractivity contribution is -0.123. The molecule has 2 rings (SSSR count). The summed E-state index contributed by atoms with van der Waals surface area (Å²) in [6, 6.07) is 0.224. The van der Waals surface area contributed by atoms with Gasteiger partial charge in [-0.1, -0.05) is 32.1 Å². The largest absolute Gasteiger partial charge is 0.307 e. The van der Waals surface area contributed by atoms with Gasteiger partial charge >= 0.3 is 0 Å². The van der Waals surface area contributed by atoms with Crippen molar-refractivity contribution in [2.75, 3.05) is 6.54 Å². The van der Waals surface area contributed by atoms with Crippen LogP contribution in [0.1, 0.15) is 44.9 Å². The maximum Gasteiger partial charge on any atom is 0.150 e. The molecule has 1 unspecified atom stereocenters. The molecule has 1 aliphatic heterocycles. The van der Waals surface area contributed by atoms with Gasteiger partial charge in [0, 0.05) is 6.42 Å². The Morgan fingerprint density at radius 2 is 1.85 bits per heavy atom. The van der Waals surface area contributed by atoms with Crippen LogP contribution in [0.5, 0.6) is 0 Å². The van der Waals surface area contributed by atoms with E-state index in [1.54, 1.807) is 0 Å². The van der Waals surface area contributed by atoms with Crippen molar-refractivity contribution in [2.45, 2.75) is 51.0 Å². The smallest absolute Gasteiger partial charge is 0.150 e. The summed E-state index contributed by atoms with van der Waals surface area (Å²) in [5, 5.41) is 3.19. The molecule has 1 N–H and O–H groups in total. The predicted molar refractivity (Wildman–Crippen MR) is 52.6 cm³/mol. The summed E-state index contributed by atoms with van der Waals surface area (Å²) < 4.78 is 0. The third-order valence-electron chi connectivity index (χ3n) is 3.43. The lowest BCUT2D eigenvalue weighted by Gasteiger charge is -2.29. The molecule has 2 nitrogen and oxygen atoms in total. The fourth-order valence-electron chi connectivity index (χ4n) is 2.38. The Hall–Kier alpha value is -0.370. The second-order valence-electron chi connectivity index (χ2n) is 4.47. The molecule has 74 valence electrons. The van der Waals surface area contributed by atoms with Gasteiger partial charge in [0.15, 0.2) is 0 Å². The summed E-state index contributed by atoms with van der Waals surface area (Å²) in [6.45, 7) is 1.04. The van der Waals surface area contributed by atoms with Crippen LogP contribution in [0, 0.1) is 5.92 Å². The van der Waals surface area contributed by atoms with E-state index >= 15 is 0 Å². The molecule has 2 aliphatic rings. The topological polar surface area (TPSA) is 29.1 Å². The van der Waals surface area contributed by atoms with Crippen molar-refractivity contribution < 1.29 is 4.79 Å². The van der Waals surface area contributed by atoms with Crippen molar-refractivity contribution >= 4 is 5.78 Å². The van der Waals surface area contributed by atoms with Crippen LogP contribution in [0.3, 0.4) is 0 Å². The predicted octanol–water partition coefficient (Wildman–Crippen LogP) is 1.89. The van der Waals surface area contributed by atoms with E-state index in [9.17, 15) is 4.79 Å². The van der Waals surface area contributed by atoms with Crippen molar-refractivity contribution in [2.24, 2.45) is 5.92 Å². The van der Waals surface area contributed by atoms with E-state index in [0.29, 0.717) is 11.7 Å². The minimum absolute atomic E-state index is 0.224. The Morgan fingerprint density at radius 3 is 2.38 bits per heavy atom. The summed E-state index contributed by atoms with van der Waals surface area (Å²) in [4.78, 5) is 11.6. The molecule has 2 heteroatoms. The zero-order valence-corrected chi connectivity index (χ0v) is 8.22. The Bertz CT molecular complexity index is 181. The van der Waals surface area contributed by atoms with Gasteiger partial charge in [-0.3, -0.25) is 4.79 Å². The molecule has 1 aliphatic carbocycles. The Morgan fingerprint density at radius 1 is 1.15 bits per heavy atom. The van der Waals surface area contributed by atoms with Gasteiger partial charge in [0.1, 0.15) is 5.78 Å². The number of hydrogen-bond donors (Lipinski definition) is 1. The Balaban J connectivity index is 1.72. The lowest BCUT2D eigenvalue weighted by Crippen LogP contribution is -2.48. The van der Waals surface area contributed by atoms with Crippen LogP contribution >= 0.6 is 0 Å². The van der Waals surface area contributed by atoms with Gasteiger partial charge < -0.3 is 5.32 Å². The number of carbonyl (C=O) groups excluding carboxylic acids is 1. The second kappa shape index (κ2) is 4.23. The number of ketones is 1. The molecule has 2 fully saturated rings. The van der Waals surface area contributed by atoms with Crippen LogP contribution in [0.4, 0.5) is 0 Å². The van der Waals surface area contributed by atoms with Crippen molar-refractivity contribution in [3.8, 4) is 0 Å². The molecular formula is C11H19NO. The summed E-state index contributed by atoms with van der Waals surface area (Å²) in [6.07, 6.45) is 8.57. The van der Waals surface area contributed by atoms with E-state index < -0.39 is 0 Å². The molecule has 1 atom stereocenters. The fraction of sp³-hybridized carbons (Fsp3) is 0.909. The Labute approximate surface area is 80.1 Å². The highest BCUT2D eigenvalue weighted by Gasteiger charge is 2.26. The van der Waals surface area contributed by atoms with E-state index in [1.165, 1.54) is 32.1 Å². The summed E-state index contributed by atoms with van der Waals surface area (Å²) in [7, 11) is 0. The number of hydrogen-bond acceptors (Lipinski definition) is 2. The average Bonchev–Trinajstić information content (AvgIpc) is 2.02. The molecule has 0 bridgehead atoms. The number of nitrogens with one attached hydrogen (secondary N) is 1. The zero-order valence-electron chi connectivity index (χ0n) is 8.22. The standard InChI is InChI=1S/C11H19NO/c13-11(10-6-7-12-10)8-9-4-2-1-3-5-9/h9-10,12H,1-8H2. The van der Waals surface area contributed by atoms with E-state index in [4.69, 9.17) is 0 Å². The van der Waals surface area contributed by atoms with Crippen LogP contribution in [0.15, 0.2) is 0 Å². The molecule has 1 heterocycles. The molecule has 0 aromatic rings. The number of rotatable bonds is 3. The van der Waals surface area contributed by atoms with Gasteiger partial charge in [-0.2, -0.15) is 0 Å². The molecule has 1 saturated heterocycles. The molecule has 0 aromatic carbocycles. The fourth-order valence-corrected chi connectivity index (χ4v) is 2.38. The number of Topliss-reactive ketones (excluding diaryl/α,β-unsaturated/α-hetero) is 1. The van der Waals surface area contributed by atoms with Crippen LogP contribution in [-0.2, 0) is 4.79 Å². The number of carbonyl (C=O) groups is 1. The third-order valence-corrected chi connectivity index (χ3v) is 3.43. The first-order valence-electron chi connectivity index (χ1n) is 5.62. The second-order valence-corrected chi connectivity index (χ2v) is 4.47. The van der Waals surface area contributed by atoms with Crippen LogP contribution in [0.25, 0.3) is 0 Å². The van der Waals surface area contributed by atoms with Crippen molar-refractivity contribution in [3.05, 3.63) is 0 Å². The van der Waals surface area contributed by atoms with E-state index in [0.717, 1.165) is 19.4 Å². The van der Waals surface area contributed by atoms with Crippen molar-refractivity contribution in [1.82, 2.24) is 5.32 Å². The zero-order chi connectivity index (χ0) is 9.10. The van der Waals surface area contributed by atoms with E-state index in [2.05, 4.69) is 5.32 Å². The molecule has 13 heavy (non-hydrogen) atoms. The first-order valence-corrected chi connectivity index (χ1v) is 5.62. The van der Waals surface area contributed by atoms with Crippen LogP contribution in [0.2, 0.25) is 0 Å². The summed E-state index contributed by atoms with van der Waals surface area (Å²) in [5.74, 6) is 1.18. The molecule has 0 aromatic heterocycles. The molecule has 0 radical (unpaired) electrons. The van der Waals surface area contributed by atoms with Crippen molar-refractivity contribution in [3.63, 3.8) is 0 Å². The normalized spacial score (nSPS) is 29.7. The molecule has 0 amide bonds. The maximum absolute atomic E-state index is 11.6. The minimum Gasteiger partial charge on any atom is -0.307 e. The molecular weight excluding hydrogens is 162 g/mol. The van der Waals surface area contributed by atoms with Gasteiger partial charge in [-0.15, -0.1) is 0 Å². The quantitative estimate of drug-likeness (QED) is 0.720.